The number of nitrogens with zero attached hydrogens (tertiary/aromatic N) is 4. The summed E-state index contributed by atoms with van der Waals surface area (Å²) in [5, 5.41) is 14.3. The van der Waals surface area contributed by atoms with E-state index in [0.29, 0.717) is 16.8 Å². The maximum Gasteiger partial charge on any atom is 0.416 e. The Morgan fingerprint density at radius 1 is 1.03 bits per heavy atom. The van der Waals surface area contributed by atoms with E-state index in [1.54, 1.807) is 42.3 Å². The summed E-state index contributed by atoms with van der Waals surface area (Å²) >= 11 is 0. The first-order chi connectivity index (χ1) is 18.6. The van der Waals surface area contributed by atoms with Gasteiger partial charge in [0.2, 0.25) is 5.91 Å². The molecule has 200 valence electrons. The summed E-state index contributed by atoms with van der Waals surface area (Å²) in [6, 6.07) is 17.6. The molecule has 1 N–H and O–H groups in total. The first kappa shape index (κ1) is 27.3. The van der Waals surface area contributed by atoms with Gasteiger partial charge in [-0.1, -0.05) is 42.5 Å². The maximum absolute atomic E-state index is 13.3. The van der Waals surface area contributed by atoms with E-state index < -0.39 is 29.7 Å². The molecule has 2 aromatic carbocycles. The summed E-state index contributed by atoms with van der Waals surface area (Å²) in [5.74, 6) is -1.81. The van der Waals surface area contributed by atoms with Crippen LogP contribution in [0.2, 0.25) is 0 Å². The van der Waals surface area contributed by atoms with Crippen molar-refractivity contribution in [2.24, 2.45) is 7.05 Å². The van der Waals surface area contributed by atoms with Gasteiger partial charge >= 0.3 is 12.1 Å². The van der Waals surface area contributed by atoms with Crippen molar-refractivity contribution in [3.8, 4) is 11.3 Å². The Hall–Kier alpha value is -4.73. The molecule has 0 saturated carbocycles. The zero-order valence-electron chi connectivity index (χ0n) is 20.9. The fourth-order valence-electron chi connectivity index (χ4n) is 4.00. The molecule has 0 bridgehead atoms. The number of carboxylic acid groups (broad SMARTS) is 1. The lowest BCUT2D eigenvalue weighted by Gasteiger charge is -2.28. The van der Waals surface area contributed by atoms with Gasteiger partial charge in [0.05, 0.1) is 17.0 Å². The van der Waals surface area contributed by atoms with Crippen LogP contribution < -0.4 is 0 Å². The lowest BCUT2D eigenvalue weighted by atomic mass is 10.1. The molecule has 0 spiro atoms. The highest BCUT2D eigenvalue weighted by Gasteiger charge is 2.31. The zero-order chi connectivity index (χ0) is 28.0. The number of aliphatic carboxylic acids is 1. The molecule has 1 unspecified atom stereocenters. The number of carboxylic acids is 1. The third kappa shape index (κ3) is 7.19. The average Bonchev–Trinajstić information content (AvgIpc) is 3.34. The van der Waals surface area contributed by atoms with Crippen LogP contribution in [0.25, 0.3) is 17.3 Å². The van der Waals surface area contributed by atoms with Gasteiger partial charge in [-0.3, -0.25) is 14.5 Å². The Kier molecular flexibility index (Phi) is 8.24. The molecule has 39 heavy (non-hydrogen) atoms. The topological polar surface area (TPSA) is 88.3 Å². The highest BCUT2D eigenvalue weighted by Crippen LogP contribution is 2.29. The number of amides is 1. The number of benzene rings is 2. The van der Waals surface area contributed by atoms with Gasteiger partial charge < -0.3 is 10.0 Å². The Labute approximate surface area is 222 Å². The minimum absolute atomic E-state index is 0.0114. The highest BCUT2D eigenvalue weighted by atomic mass is 19.4. The van der Waals surface area contributed by atoms with Gasteiger partial charge in [-0.25, -0.2) is 4.79 Å². The lowest BCUT2D eigenvalue weighted by molar-refractivity contribution is -0.149. The second-order valence-electron chi connectivity index (χ2n) is 8.87. The van der Waals surface area contributed by atoms with Gasteiger partial charge in [-0.2, -0.15) is 18.3 Å². The van der Waals surface area contributed by atoms with E-state index in [9.17, 15) is 27.9 Å². The number of rotatable bonds is 9. The lowest BCUT2D eigenvalue weighted by Crippen LogP contribution is -2.45. The third-order valence-electron chi connectivity index (χ3n) is 6.04. The normalized spacial score (nSPS) is 12.4. The summed E-state index contributed by atoms with van der Waals surface area (Å²) in [7, 11) is 1.71. The van der Waals surface area contributed by atoms with Gasteiger partial charge in [0.25, 0.3) is 0 Å². The average molecular weight is 535 g/mol. The fraction of sp³-hybridized carbons (Fsp3) is 0.172. The summed E-state index contributed by atoms with van der Waals surface area (Å²) in [6.07, 6.45) is 1.39. The minimum atomic E-state index is -4.47. The first-order valence-electron chi connectivity index (χ1n) is 12.0. The number of aryl methyl sites for hydroxylation is 1. The van der Waals surface area contributed by atoms with Crippen molar-refractivity contribution >= 4 is 18.0 Å². The predicted molar refractivity (Wildman–Crippen MR) is 139 cm³/mol. The van der Waals surface area contributed by atoms with Crippen LogP contribution in [0, 0.1) is 0 Å². The van der Waals surface area contributed by atoms with Crippen LogP contribution in [0.15, 0.2) is 91.3 Å². The van der Waals surface area contributed by atoms with Gasteiger partial charge in [0.15, 0.2) is 0 Å². The molecule has 0 radical (unpaired) electrons. The Morgan fingerprint density at radius 3 is 2.31 bits per heavy atom. The molecular formula is C29H25F3N4O3. The van der Waals surface area contributed by atoms with Crippen LogP contribution in [0.1, 0.15) is 22.4 Å². The highest BCUT2D eigenvalue weighted by molar-refractivity contribution is 5.94. The molecule has 10 heteroatoms. The summed E-state index contributed by atoms with van der Waals surface area (Å²) in [5.41, 5.74) is 2.39. The van der Waals surface area contributed by atoms with Crippen LogP contribution in [0.4, 0.5) is 13.2 Å². The predicted octanol–water partition coefficient (Wildman–Crippen LogP) is 5.24. The first-order valence-corrected chi connectivity index (χ1v) is 12.0. The van der Waals surface area contributed by atoms with Crippen LogP contribution in [0.5, 0.6) is 0 Å². The summed E-state index contributed by atoms with van der Waals surface area (Å²) in [6.45, 7) is -0.0114. The van der Waals surface area contributed by atoms with E-state index in [0.717, 1.165) is 23.4 Å². The van der Waals surface area contributed by atoms with E-state index in [4.69, 9.17) is 0 Å². The SMILES string of the molecule is Cn1ccc(CC(C(=O)O)N(Cc2ccc(-c3ccccn3)cc2)C(=O)/C=C/c2ccc(C(F)(F)F)cc2)n1. The van der Waals surface area contributed by atoms with Gasteiger partial charge in [0.1, 0.15) is 6.04 Å². The van der Waals surface area contributed by atoms with Crippen molar-refractivity contribution in [3.63, 3.8) is 0 Å². The molecule has 4 rings (SSSR count). The molecule has 2 aromatic heterocycles. The molecule has 0 fully saturated rings. The number of alkyl halides is 3. The van der Waals surface area contributed by atoms with E-state index in [2.05, 4.69) is 10.1 Å². The van der Waals surface area contributed by atoms with Crippen molar-refractivity contribution in [1.82, 2.24) is 19.7 Å². The van der Waals surface area contributed by atoms with Gasteiger partial charge in [0, 0.05) is 44.0 Å². The number of carbonyl (C=O) groups excluding carboxylic acids is 1. The largest absolute Gasteiger partial charge is 0.480 e. The quantitative estimate of drug-likeness (QED) is 0.297. The van der Waals surface area contributed by atoms with Gasteiger partial charge in [-0.15, -0.1) is 0 Å². The van der Waals surface area contributed by atoms with Crippen LogP contribution >= 0.6 is 0 Å². The Bertz CT molecular complexity index is 1450. The summed E-state index contributed by atoms with van der Waals surface area (Å²) < 4.78 is 40.1. The molecule has 0 aliphatic heterocycles. The standard InChI is InChI=1S/C29H25F3N4O3/c1-35-17-15-24(34-35)18-26(28(38)39)36(19-21-5-10-22(11-6-21)25-4-2-3-16-33-25)27(37)14-9-20-7-12-23(13-8-20)29(30,31)32/h2-17,26H,18-19H2,1H3,(H,38,39)/b14-9+. The van der Waals surface area contributed by atoms with Crippen molar-refractivity contribution in [2.75, 3.05) is 0 Å². The molecule has 2 heterocycles. The number of carbonyl (C=O) groups is 2. The van der Waals surface area contributed by atoms with Crippen molar-refractivity contribution in [1.29, 1.82) is 0 Å². The van der Waals surface area contributed by atoms with Gasteiger partial charge in [-0.05, 0) is 47.5 Å². The van der Waals surface area contributed by atoms with E-state index in [-0.39, 0.29) is 13.0 Å². The van der Waals surface area contributed by atoms with Crippen molar-refractivity contribution in [2.45, 2.75) is 25.2 Å². The molecule has 0 aliphatic carbocycles. The van der Waals surface area contributed by atoms with Crippen LogP contribution in [-0.4, -0.2) is 42.7 Å². The molecule has 1 amide bonds. The molecule has 4 aromatic rings. The monoisotopic (exact) mass is 534 g/mol. The zero-order valence-corrected chi connectivity index (χ0v) is 20.9. The fourth-order valence-corrected chi connectivity index (χ4v) is 4.00. The smallest absolute Gasteiger partial charge is 0.416 e. The number of hydrogen-bond acceptors (Lipinski definition) is 4. The second-order valence-corrected chi connectivity index (χ2v) is 8.87. The molecule has 7 nitrogen and oxygen atoms in total. The molecule has 0 saturated heterocycles. The Balaban J connectivity index is 1.60. The number of pyridine rings is 1. The molecule has 0 aliphatic rings. The molecule has 1 atom stereocenters. The number of halogens is 3. The van der Waals surface area contributed by atoms with Crippen molar-refractivity contribution < 1.29 is 27.9 Å². The van der Waals surface area contributed by atoms with Crippen molar-refractivity contribution in [3.05, 3.63) is 114 Å². The maximum atomic E-state index is 13.3. The molecular weight excluding hydrogens is 509 g/mol. The van der Waals surface area contributed by atoms with Crippen LogP contribution in [-0.2, 0) is 35.8 Å². The van der Waals surface area contributed by atoms with E-state index >= 15 is 0 Å². The number of hydrogen-bond donors (Lipinski definition) is 1. The van der Waals surface area contributed by atoms with E-state index in [1.807, 2.05) is 30.3 Å². The van der Waals surface area contributed by atoms with Crippen LogP contribution in [0.3, 0.4) is 0 Å². The third-order valence-corrected chi connectivity index (χ3v) is 6.04. The second kappa shape index (κ2) is 11.8. The Morgan fingerprint density at radius 2 is 1.74 bits per heavy atom. The summed E-state index contributed by atoms with van der Waals surface area (Å²) in [4.78, 5) is 31.2. The van der Waals surface area contributed by atoms with E-state index in [1.165, 1.54) is 29.2 Å². The number of aromatic nitrogens is 3. The minimum Gasteiger partial charge on any atom is -0.480 e.